The van der Waals surface area contributed by atoms with E-state index < -0.39 is 5.41 Å². The van der Waals surface area contributed by atoms with Gasteiger partial charge in [0, 0.05) is 33.0 Å². The average molecular weight is 878 g/mol. The van der Waals surface area contributed by atoms with Crippen LogP contribution in [-0.2, 0) is 5.41 Å². The van der Waals surface area contributed by atoms with Gasteiger partial charge in [-0.25, -0.2) is 15.0 Å². The molecule has 12 aromatic rings. The van der Waals surface area contributed by atoms with E-state index in [0.717, 1.165) is 66.8 Å². The number of hydrogen-bond donors (Lipinski definition) is 0. The van der Waals surface area contributed by atoms with Crippen LogP contribution < -0.4 is 0 Å². The number of aromatic nitrogens is 3. The van der Waals surface area contributed by atoms with Crippen molar-refractivity contribution in [3.05, 3.63) is 283 Å². The summed E-state index contributed by atoms with van der Waals surface area (Å²) in [5, 5.41) is 3.49. The molecule has 0 bridgehead atoms. The zero-order valence-corrected chi connectivity index (χ0v) is 37.7. The van der Waals surface area contributed by atoms with Gasteiger partial charge in [-0.1, -0.05) is 237 Å². The minimum Gasteiger partial charge on any atom is -0.247 e. The van der Waals surface area contributed by atoms with Gasteiger partial charge in [-0.15, -0.1) is 0 Å². The van der Waals surface area contributed by atoms with Crippen molar-refractivity contribution in [3.63, 3.8) is 0 Å². The minimum atomic E-state index is -0.487. The first kappa shape index (κ1) is 40.2. The van der Waals surface area contributed by atoms with Crippen LogP contribution in [0.15, 0.2) is 261 Å². The van der Waals surface area contributed by atoms with Gasteiger partial charge in [-0.2, -0.15) is 0 Å². The molecule has 0 N–H and O–H groups in total. The van der Waals surface area contributed by atoms with Gasteiger partial charge in [0.1, 0.15) is 0 Å². The highest BCUT2D eigenvalue weighted by Gasteiger charge is 2.46. The van der Waals surface area contributed by atoms with Crippen LogP contribution in [0.4, 0.5) is 0 Å². The first-order chi connectivity index (χ1) is 34.2. The van der Waals surface area contributed by atoms with E-state index in [1.807, 2.05) is 24.3 Å². The number of benzene rings is 10. The van der Waals surface area contributed by atoms with E-state index in [1.165, 1.54) is 49.9 Å². The summed E-state index contributed by atoms with van der Waals surface area (Å²) in [7, 11) is 0. The van der Waals surface area contributed by atoms with Crippen molar-refractivity contribution in [3.8, 4) is 78.5 Å². The van der Waals surface area contributed by atoms with Crippen LogP contribution in [-0.4, -0.2) is 15.0 Å². The largest absolute Gasteiger partial charge is 0.247 e. The van der Waals surface area contributed by atoms with E-state index >= 15 is 0 Å². The zero-order chi connectivity index (χ0) is 45.7. The number of para-hydroxylation sites is 1. The number of hydrogen-bond acceptors (Lipinski definition) is 3. The topological polar surface area (TPSA) is 38.7 Å². The fourth-order valence-electron chi connectivity index (χ4n) is 10.7. The molecule has 3 heteroatoms. The fourth-order valence-corrected chi connectivity index (χ4v) is 10.7. The second-order valence-corrected chi connectivity index (χ2v) is 17.9. The molecule has 0 saturated heterocycles. The summed E-state index contributed by atoms with van der Waals surface area (Å²) in [5.74, 6) is 0.700. The van der Waals surface area contributed by atoms with Crippen LogP contribution in [0.5, 0.6) is 0 Å². The highest BCUT2D eigenvalue weighted by atomic mass is 14.9. The van der Waals surface area contributed by atoms with Crippen molar-refractivity contribution < 1.29 is 0 Å². The molecule has 13 rings (SSSR count). The standard InChI is InChI=1S/C66H43N3/c1-5-17-44(18-6-1)45-29-35-48(36-30-45)62-43-63(69-65(68-62)51-19-7-2-8-20-51)49-37-31-46(32-38-49)47-33-39-50(40-34-47)64-58-41-57-54-25-13-15-27-59(54)66(52-21-9-3-10-22-52,53-23-11-4-12-24-53)60(57)42-56(58)55-26-14-16-28-61(55)67-64/h1-43H. The third kappa shape index (κ3) is 6.86. The van der Waals surface area contributed by atoms with Crippen molar-refractivity contribution in [2.45, 2.75) is 5.41 Å². The van der Waals surface area contributed by atoms with Gasteiger partial charge in [0.05, 0.1) is 28.0 Å². The predicted molar refractivity (Wildman–Crippen MR) is 285 cm³/mol. The Morgan fingerprint density at radius 3 is 1.29 bits per heavy atom. The number of nitrogens with zero attached hydrogens (tertiary/aromatic N) is 3. The molecular formula is C66H43N3. The smallest absolute Gasteiger partial charge is 0.160 e. The van der Waals surface area contributed by atoms with Crippen LogP contribution in [0, 0.1) is 0 Å². The molecule has 0 spiro atoms. The summed E-state index contributed by atoms with van der Waals surface area (Å²) in [6.45, 7) is 0. The van der Waals surface area contributed by atoms with Crippen LogP contribution in [0.25, 0.3) is 100 Å². The summed E-state index contributed by atoms with van der Waals surface area (Å²) in [6.07, 6.45) is 0. The minimum absolute atomic E-state index is 0.487. The zero-order valence-electron chi connectivity index (χ0n) is 37.7. The molecule has 0 radical (unpaired) electrons. The average Bonchev–Trinajstić information content (AvgIpc) is 3.73. The molecular weight excluding hydrogens is 835 g/mol. The predicted octanol–water partition coefficient (Wildman–Crippen LogP) is 16.5. The Morgan fingerprint density at radius 1 is 0.261 bits per heavy atom. The lowest BCUT2D eigenvalue weighted by Crippen LogP contribution is -2.28. The van der Waals surface area contributed by atoms with Crippen molar-refractivity contribution >= 4 is 21.7 Å². The Bertz CT molecular complexity index is 3790. The molecule has 1 aliphatic rings. The van der Waals surface area contributed by atoms with Crippen LogP contribution in [0.2, 0.25) is 0 Å². The Morgan fingerprint density at radius 2 is 0.710 bits per heavy atom. The number of fused-ring (bicyclic) bond motifs is 6. The van der Waals surface area contributed by atoms with E-state index in [4.69, 9.17) is 15.0 Å². The lowest BCUT2D eigenvalue weighted by molar-refractivity contribution is 0.769. The molecule has 10 aromatic carbocycles. The molecule has 69 heavy (non-hydrogen) atoms. The highest BCUT2D eigenvalue weighted by Crippen LogP contribution is 2.57. The van der Waals surface area contributed by atoms with Crippen molar-refractivity contribution in [2.24, 2.45) is 0 Å². The van der Waals surface area contributed by atoms with E-state index in [2.05, 4.69) is 237 Å². The maximum Gasteiger partial charge on any atom is 0.160 e. The van der Waals surface area contributed by atoms with Crippen LogP contribution in [0.1, 0.15) is 22.3 Å². The summed E-state index contributed by atoms with van der Waals surface area (Å²) < 4.78 is 0. The first-order valence-corrected chi connectivity index (χ1v) is 23.6. The second kappa shape index (κ2) is 16.7. The Kier molecular flexibility index (Phi) is 9.73. The molecule has 0 unspecified atom stereocenters. The lowest BCUT2D eigenvalue weighted by atomic mass is 9.67. The third-order valence-electron chi connectivity index (χ3n) is 14.0. The number of rotatable bonds is 8. The summed E-state index contributed by atoms with van der Waals surface area (Å²) in [6, 6.07) is 93.5. The maximum absolute atomic E-state index is 5.42. The van der Waals surface area contributed by atoms with Gasteiger partial charge in [0.2, 0.25) is 0 Å². The second-order valence-electron chi connectivity index (χ2n) is 17.9. The van der Waals surface area contributed by atoms with Gasteiger partial charge >= 0.3 is 0 Å². The monoisotopic (exact) mass is 877 g/mol. The van der Waals surface area contributed by atoms with Crippen LogP contribution in [0.3, 0.4) is 0 Å². The normalized spacial score (nSPS) is 12.5. The Labute approximate surface area is 401 Å². The van der Waals surface area contributed by atoms with Crippen molar-refractivity contribution in [1.82, 2.24) is 15.0 Å². The molecule has 1 aliphatic carbocycles. The van der Waals surface area contributed by atoms with Crippen LogP contribution >= 0.6 is 0 Å². The summed E-state index contributed by atoms with van der Waals surface area (Å²) in [5.41, 5.74) is 19.6. The quantitative estimate of drug-likeness (QED) is 0.143. The molecule has 0 amide bonds. The van der Waals surface area contributed by atoms with Gasteiger partial charge in [-0.3, -0.25) is 0 Å². The fraction of sp³-hybridized carbons (Fsp3) is 0.0152. The van der Waals surface area contributed by atoms with Crippen molar-refractivity contribution in [1.29, 1.82) is 0 Å². The SMILES string of the molecule is c1ccc(-c2ccc(-c3cc(-c4ccc(-c5ccc(-c6nc7ccccc7c7cc8c(cc67)-c6ccccc6C8(c6ccccc6)c6ccccc6)cc5)cc4)nc(-c4ccccc4)n3)cc2)cc1. The Balaban J connectivity index is 0.883. The molecule has 0 saturated carbocycles. The van der Waals surface area contributed by atoms with Gasteiger partial charge < -0.3 is 0 Å². The molecule has 3 nitrogen and oxygen atoms in total. The Hall–Kier alpha value is -9.05. The third-order valence-corrected chi connectivity index (χ3v) is 14.0. The molecule has 322 valence electrons. The molecule has 2 heterocycles. The molecule has 2 aromatic heterocycles. The van der Waals surface area contributed by atoms with E-state index in [0.29, 0.717) is 5.82 Å². The van der Waals surface area contributed by atoms with Gasteiger partial charge in [0.25, 0.3) is 0 Å². The maximum atomic E-state index is 5.42. The molecule has 0 fully saturated rings. The highest BCUT2D eigenvalue weighted by molar-refractivity contribution is 6.13. The molecule has 0 atom stereocenters. The van der Waals surface area contributed by atoms with Crippen molar-refractivity contribution in [2.75, 3.05) is 0 Å². The van der Waals surface area contributed by atoms with Gasteiger partial charge in [0.15, 0.2) is 5.82 Å². The van der Waals surface area contributed by atoms with E-state index in [-0.39, 0.29) is 0 Å². The summed E-state index contributed by atoms with van der Waals surface area (Å²) >= 11 is 0. The molecule has 0 aliphatic heterocycles. The first-order valence-electron chi connectivity index (χ1n) is 23.6. The summed E-state index contributed by atoms with van der Waals surface area (Å²) in [4.78, 5) is 15.6. The van der Waals surface area contributed by atoms with Gasteiger partial charge in [-0.05, 0) is 85.3 Å². The van der Waals surface area contributed by atoms with E-state index in [9.17, 15) is 0 Å². The van der Waals surface area contributed by atoms with E-state index in [1.54, 1.807) is 0 Å². The number of pyridine rings is 1. The lowest BCUT2D eigenvalue weighted by Gasteiger charge is -2.34.